The van der Waals surface area contributed by atoms with E-state index in [2.05, 4.69) is 0 Å². The van der Waals surface area contributed by atoms with E-state index in [4.69, 9.17) is 14.2 Å². The fraction of sp³-hybridized carbons (Fsp3) is 0.350. The van der Waals surface area contributed by atoms with Crippen LogP contribution < -0.4 is 9.47 Å². The van der Waals surface area contributed by atoms with Crippen LogP contribution in [0.15, 0.2) is 48.5 Å². The first-order valence-corrected chi connectivity index (χ1v) is 8.37. The summed E-state index contributed by atoms with van der Waals surface area (Å²) in [6.45, 7) is 1.87. The summed E-state index contributed by atoms with van der Waals surface area (Å²) in [5.41, 5.74) is 1.73. The number of carbonyl (C=O) groups is 1. The maximum Gasteiger partial charge on any atom is 0.253 e. The number of methoxy groups -OCH3 is 2. The number of nitrogens with zero attached hydrogens (tertiary/aromatic N) is 1. The highest BCUT2D eigenvalue weighted by atomic mass is 16.5. The van der Waals surface area contributed by atoms with Crippen molar-refractivity contribution in [3.8, 4) is 11.5 Å². The predicted octanol–water partition coefficient (Wildman–Crippen LogP) is 3.14. The van der Waals surface area contributed by atoms with Crippen LogP contribution in [0.3, 0.4) is 0 Å². The Morgan fingerprint density at radius 3 is 2.32 bits per heavy atom. The first kappa shape index (κ1) is 17.3. The van der Waals surface area contributed by atoms with Crippen LogP contribution in [0, 0.1) is 0 Å². The number of amides is 1. The lowest BCUT2D eigenvalue weighted by atomic mass is 10.2. The Kier molecular flexibility index (Phi) is 5.56. The molecule has 5 nitrogen and oxygen atoms in total. The largest absolute Gasteiger partial charge is 0.497 e. The van der Waals surface area contributed by atoms with E-state index in [1.807, 2.05) is 53.4 Å². The fourth-order valence-electron chi connectivity index (χ4n) is 2.87. The molecule has 0 bridgehead atoms. The summed E-state index contributed by atoms with van der Waals surface area (Å²) in [6, 6.07) is 15.0. The van der Waals surface area contributed by atoms with Crippen molar-refractivity contribution in [2.75, 3.05) is 27.3 Å². The van der Waals surface area contributed by atoms with Crippen LogP contribution in [0.4, 0.5) is 0 Å². The molecule has 0 aliphatic carbocycles. The van der Waals surface area contributed by atoms with E-state index in [9.17, 15) is 4.79 Å². The molecule has 3 rings (SSSR count). The minimum Gasteiger partial charge on any atom is -0.497 e. The molecule has 0 radical (unpaired) electrons. The lowest BCUT2D eigenvalue weighted by molar-refractivity contribution is 0.0724. The van der Waals surface area contributed by atoms with Gasteiger partial charge in [0.15, 0.2) is 0 Å². The first-order chi connectivity index (χ1) is 12.2. The Balaban J connectivity index is 1.55. The zero-order valence-electron chi connectivity index (χ0n) is 14.6. The van der Waals surface area contributed by atoms with Crippen molar-refractivity contribution < 1.29 is 19.0 Å². The van der Waals surface area contributed by atoms with Crippen molar-refractivity contribution in [1.29, 1.82) is 0 Å². The molecule has 132 valence electrons. The van der Waals surface area contributed by atoms with E-state index in [1.165, 1.54) is 0 Å². The molecule has 2 aromatic rings. The third kappa shape index (κ3) is 4.31. The first-order valence-electron chi connectivity index (χ1n) is 8.37. The molecule has 1 amide bonds. The van der Waals surface area contributed by atoms with Gasteiger partial charge in [0.05, 0.1) is 13.2 Å². The van der Waals surface area contributed by atoms with E-state index in [0.717, 1.165) is 30.0 Å². The number of benzene rings is 2. The molecule has 1 aliphatic heterocycles. The molecule has 25 heavy (non-hydrogen) atoms. The SMILES string of the molecule is COc1ccc(COc2ccc(C(=O)N3CCC(OC)C3)cc2)cc1. The van der Waals surface area contributed by atoms with E-state index in [1.54, 1.807) is 14.2 Å². The Morgan fingerprint density at radius 1 is 1.04 bits per heavy atom. The van der Waals surface area contributed by atoms with Gasteiger partial charge in [-0.1, -0.05) is 12.1 Å². The lowest BCUT2D eigenvalue weighted by Gasteiger charge is -2.16. The van der Waals surface area contributed by atoms with E-state index in [-0.39, 0.29) is 12.0 Å². The summed E-state index contributed by atoms with van der Waals surface area (Å²) in [7, 11) is 3.33. The van der Waals surface area contributed by atoms with Crippen LogP contribution in [0.25, 0.3) is 0 Å². The van der Waals surface area contributed by atoms with E-state index < -0.39 is 0 Å². The molecular formula is C20H23NO4. The topological polar surface area (TPSA) is 48.0 Å². The van der Waals surface area contributed by atoms with Crippen LogP contribution in [0.1, 0.15) is 22.3 Å². The van der Waals surface area contributed by atoms with Gasteiger partial charge < -0.3 is 19.1 Å². The van der Waals surface area contributed by atoms with Gasteiger partial charge in [0.1, 0.15) is 18.1 Å². The zero-order chi connectivity index (χ0) is 17.6. The average molecular weight is 341 g/mol. The smallest absolute Gasteiger partial charge is 0.253 e. The predicted molar refractivity (Wildman–Crippen MR) is 95.1 cm³/mol. The van der Waals surface area contributed by atoms with Crippen molar-refractivity contribution in [3.63, 3.8) is 0 Å². The molecule has 1 saturated heterocycles. The van der Waals surface area contributed by atoms with E-state index >= 15 is 0 Å². The van der Waals surface area contributed by atoms with Crippen molar-refractivity contribution >= 4 is 5.91 Å². The second-order valence-corrected chi connectivity index (χ2v) is 6.06. The minimum atomic E-state index is 0.0428. The van der Waals surface area contributed by atoms with Crippen LogP contribution in [0.2, 0.25) is 0 Å². The Bertz CT molecular complexity index is 697. The maximum atomic E-state index is 12.5. The second-order valence-electron chi connectivity index (χ2n) is 6.06. The summed E-state index contributed by atoms with van der Waals surface area (Å²) < 4.78 is 16.2. The Hall–Kier alpha value is -2.53. The van der Waals surface area contributed by atoms with Crippen LogP contribution >= 0.6 is 0 Å². The number of carbonyl (C=O) groups excluding carboxylic acids is 1. The van der Waals surface area contributed by atoms with Gasteiger partial charge in [0, 0.05) is 25.8 Å². The van der Waals surface area contributed by atoms with Crippen LogP contribution in [-0.2, 0) is 11.3 Å². The molecule has 0 N–H and O–H groups in total. The summed E-state index contributed by atoms with van der Waals surface area (Å²) >= 11 is 0. The summed E-state index contributed by atoms with van der Waals surface area (Å²) in [5, 5.41) is 0. The van der Waals surface area contributed by atoms with Gasteiger partial charge in [-0.15, -0.1) is 0 Å². The summed E-state index contributed by atoms with van der Waals surface area (Å²) in [6.07, 6.45) is 1.04. The van der Waals surface area contributed by atoms with Gasteiger partial charge in [-0.3, -0.25) is 4.79 Å². The number of likely N-dealkylation sites (tertiary alicyclic amines) is 1. The maximum absolute atomic E-state index is 12.5. The number of hydrogen-bond donors (Lipinski definition) is 0. The molecule has 1 fully saturated rings. The van der Waals surface area contributed by atoms with Gasteiger partial charge in [-0.25, -0.2) is 0 Å². The molecule has 1 unspecified atom stereocenters. The number of hydrogen-bond acceptors (Lipinski definition) is 4. The molecule has 1 atom stereocenters. The van der Waals surface area contributed by atoms with Crippen molar-refractivity contribution in [3.05, 3.63) is 59.7 Å². The molecule has 2 aromatic carbocycles. The fourth-order valence-corrected chi connectivity index (χ4v) is 2.87. The van der Waals surface area contributed by atoms with E-state index in [0.29, 0.717) is 18.7 Å². The molecule has 0 saturated carbocycles. The third-order valence-corrected chi connectivity index (χ3v) is 4.43. The molecule has 5 heteroatoms. The van der Waals surface area contributed by atoms with Crippen molar-refractivity contribution in [2.45, 2.75) is 19.1 Å². The standard InChI is InChI=1S/C20H23NO4/c1-23-17-7-3-15(4-8-17)14-25-18-9-5-16(6-10-18)20(22)21-12-11-19(13-21)24-2/h3-10,19H,11-14H2,1-2H3. The number of ether oxygens (including phenoxy) is 3. The lowest BCUT2D eigenvalue weighted by Crippen LogP contribution is -2.29. The van der Waals surface area contributed by atoms with Crippen molar-refractivity contribution in [2.24, 2.45) is 0 Å². The summed E-state index contributed by atoms with van der Waals surface area (Å²) in [4.78, 5) is 14.3. The quantitative estimate of drug-likeness (QED) is 0.810. The normalized spacial score (nSPS) is 16.7. The molecular weight excluding hydrogens is 318 g/mol. The van der Waals surface area contributed by atoms with Gasteiger partial charge in [-0.05, 0) is 48.4 Å². The second kappa shape index (κ2) is 8.03. The van der Waals surface area contributed by atoms with Gasteiger partial charge in [-0.2, -0.15) is 0 Å². The van der Waals surface area contributed by atoms with Gasteiger partial charge in [0.2, 0.25) is 0 Å². The van der Waals surface area contributed by atoms with Crippen molar-refractivity contribution in [1.82, 2.24) is 4.90 Å². The number of rotatable bonds is 6. The average Bonchev–Trinajstić information content (AvgIpc) is 3.16. The Morgan fingerprint density at radius 2 is 1.72 bits per heavy atom. The Labute approximate surface area is 148 Å². The summed E-state index contributed by atoms with van der Waals surface area (Å²) in [5.74, 6) is 1.61. The van der Waals surface area contributed by atoms with Gasteiger partial charge >= 0.3 is 0 Å². The highest BCUT2D eigenvalue weighted by Gasteiger charge is 2.26. The van der Waals surface area contributed by atoms with Gasteiger partial charge in [0.25, 0.3) is 5.91 Å². The monoisotopic (exact) mass is 341 g/mol. The highest BCUT2D eigenvalue weighted by Crippen LogP contribution is 2.19. The zero-order valence-corrected chi connectivity index (χ0v) is 14.6. The third-order valence-electron chi connectivity index (χ3n) is 4.43. The molecule has 1 aliphatic rings. The molecule has 0 spiro atoms. The molecule has 0 aromatic heterocycles. The van der Waals surface area contributed by atoms with Crippen LogP contribution in [0.5, 0.6) is 11.5 Å². The minimum absolute atomic E-state index is 0.0428. The highest BCUT2D eigenvalue weighted by molar-refractivity contribution is 5.94. The van der Waals surface area contributed by atoms with Crippen LogP contribution in [-0.4, -0.2) is 44.2 Å². The molecule has 1 heterocycles.